The summed E-state index contributed by atoms with van der Waals surface area (Å²) in [5, 5.41) is 0. The molecule has 1 aromatic rings. The Morgan fingerprint density at radius 2 is 2.24 bits per heavy atom. The second-order valence-electron chi connectivity index (χ2n) is 4.97. The molecule has 0 atom stereocenters. The molecule has 0 aromatic carbocycles. The Morgan fingerprint density at radius 3 is 2.76 bits per heavy atom. The van der Waals surface area contributed by atoms with E-state index in [4.69, 9.17) is 0 Å². The highest BCUT2D eigenvalue weighted by atomic mass is 79.9. The van der Waals surface area contributed by atoms with Crippen LogP contribution < -0.4 is 0 Å². The lowest BCUT2D eigenvalue weighted by Crippen LogP contribution is -2.36. The first kappa shape index (κ1) is 12.6. The number of carbonyl (C=O) groups excluding carboxylic acids is 1. The molecule has 0 unspecified atom stereocenters. The molecule has 0 aliphatic heterocycles. The molecule has 0 radical (unpaired) electrons. The quantitative estimate of drug-likeness (QED) is 0.855. The number of hydrogen-bond acceptors (Lipinski definition) is 2. The maximum absolute atomic E-state index is 12.4. The summed E-state index contributed by atoms with van der Waals surface area (Å²) in [6.07, 6.45) is 5.61. The van der Waals surface area contributed by atoms with E-state index >= 15 is 0 Å². The number of hydrogen-bond donors (Lipinski definition) is 0. The Morgan fingerprint density at radius 1 is 1.53 bits per heavy atom. The van der Waals surface area contributed by atoms with Crippen molar-refractivity contribution in [1.82, 2.24) is 9.88 Å². The molecule has 3 nitrogen and oxygen atoms in total. The second-order valence-corrected chi connectivity index (χ2v) is 5.89. The average molecular weight is 297 g/mol. The Kier molecular flexibility index (Phi) is 3.82. The molecule has 0 bridgehead atoms. The van der Waals surface area contributed by atoms with Gasteiger partial charge in [-0.1, -0.05) is 13.8 Å². The molecule has 0 N–H and O–H groups in total. The van der Waals surface area contributed by atoms with Crippen molar-refractivity contribution in [3.63, 3.8) is 0 Å². The fourth-order valence-corrected chi connectivity index (χ4v) is 2.24. The first-order valence-electron chi connectivity index (χ1n) is 5.99. The topological polar surface area (TPSA) is 33.2 Å². The highest BCUT2D eigenvalue weighted by Gasteiger charge is 2.33. The minimum absolute atomic E-state index is 0.106. The number of rotatable bonds is 4. The third-order valence-electron chi connectivity index (χ3n) is 2.76. The van der Waals surface area contributed by atoms with Gasteiger partial charge in [0, 0.05) is 29.5 Å². The van der Waals surface area contributed by atoms with Gasteiger partial charge in [-0.3, -0.25) is 9.78 Å². The molecule has 1 amide bonds. The molecule has 1 aliphatic carbocycles. The zero-order chi connectivity index (χ0) is 12.4. The number of carbonyl (C=O) groups is 1. The van der Waals surface area contributed by atoms with E-state index in [0.29, 0.717) is 17.5 Å². The lowest BCUT2D eigenvalue weighted by Gasteiger charge is -2.24. The molecule has 1 fully saturated rings. The van der Waals surface area contributed by atoms with E-state index in [9.17, 15) is 4.79 Å². The predicted octanol–water partition coefficient (Wildman–Crippen LogP) is 3.10. The summed E-state index contributed by atoms with van der Waals surface area (Å²) in [6, 6.07) is 2.29. The first-order chi connectivity index (χ1) is 8.08. The Bertz CT molecular complexity index is 416. The Labute approximate surface area is 110 Å². The van der Waals surface area contributed by atoms with Crippen molar-refractivity contribution in [2.45, 2.75) is 32.7 Å². The fraction of sp³-hybridized carbons (Fsp3) is 0.538. The van der Waals surface area contributed by atoms with Crippen LogP contribution in [0, 0.1) is 5.92 Å². The van der Waals surface area contributed by atoms with Crippen molar-refractivity contribution in [2.75, 3.05) is 6.54 Å². The van der Waals surface area contributed by atoms with Crippen LogP contribution in [0.5, 0.6) is 0 Å². The van der Waals surface area contributed by atoms with E-state index in [1.165, 1.54) is 0 Å². The third-order valence-corrected chi connectivity index (χ3v) is 3.20. The molecule has 1 aromatic heterocycles. The molecule has 2 rings (SSSR count). The predicted molar refractivity (Wildman–Crippen MR) is 70.8 cm³/mol. The van der Waals surface area contributed by atoms with Gasteiger partial charge in [0.2, 0.25) is 0 Å². The Balaban J connectivity index is 2.15. The molecular weight excluding hydrogens is 280 g/mol. The van der Waals surface area contributed by atoms with E-state index in [1.807, 2.05) is 11.0 Å². The summed E-state index contributed by atoms with van der Waals surface area (Å²) in [6.45, 7) is 5.11. The number of aromatic nitrogens is 1. The molecule has 17 heavy (non-hydrogen) atoms. The van der Waals surface area contributed by atoms with Crippen LogP contribution in [0.1, 0.15) is 37.0 Å². The lowest BCUT2D eigenvalue weighted by molar-refractivity contribution is 0.0722. The summed E-state index contributed by atoms with van der Waals surface area (Å²) in [5.41, 5.74) is 0.673. The standard InChI is InChI=1S/C13H17BrN2O/c1-9(2)8-16(12-3-4-12)13(17)10-5-11(14)7-15-6-10/h5-7,9,12H,3-4,8H2,1-2H3. The number of pyridine rings is 1. The van der Waals surface area contributed by atoms with Gasteiger partial charge in [0.05, 0.1) is 5.56 Å². The number of nitrogens with zero attached hydrogens (tertiary/aromatic N) is 2. The summed E-state index contributed by atoms with van der Waals surface area (Å²) in [4.78, 5) is 18.4. The molecule has 1 heterocycles. The molecule has 4 heteroatoms. The Hall–Kier alpha value is -0.900. The molecule has 1 saturated carbocycles. The van der Waals surface area contributed by atoms with Crippen LogP contribution in [0.2, 0.25) is 0 Å². The van der Waals surface area contributed by atoms with Gasteiger partial charge in [-0.25, -0.2) is 0 Å². The zero-order valence-corrected chi connectivity index (χ0v) is 11.8. The van der Waals surface area contributed by atoms with Crippen LogP contribution >= 0.6 is 15.9 Å². The van der Waals surface area contributed by atoms with E-state index < -0.39 is 0 Å². The van der Waals surface area contributed by atoms with E-state index in [1.54, 1.807) is 12.4 Å². The van der Waals surface area contributed by atoms with Gasteiger partial charge in [-0.15, -0.1) is 0 Å². The first-order valence-corrected chi connectivity index (χ1v) is 6.78. The van der Waals surface area contributed by atoms with E-state index in [-0.39, 0.29) is 5.91 Å². The summed E-state index contributed by atoms with van der Waals surface area (Å²) in [7, 11) is 0. The maximum Gasteiger partial charge on any atom is 0.255 e. The van der Waals surface area contributed by atoms with Gasteiger partial charge in [-0.2, -0.15) is 0 Å². The van der Waals surface area contributed by atoms with Crippen molar-refractivity contribution < 1.29 is 4.79 Å². The maximum atomic E-state index is 12.4. The third kappa shape index (κ3) is 3.28. The van der Waals surface area contributed by atoms with E-state index in [0.717, 1.165) is 23.9 Å². The smallest absolute Gasteiger partial charge is 0.255 e. The number of amides is 1. The van der Waals surface area contributed by atoms with Crippen LogP contribution in [0.15, 0.2) is 22.9 Å². The highest BCUT2D eigenvalue weighted by Crippen LogP contribution is 2.29. The zero-order valence-electron chi connectivity index (χ0n) is 10.2. The van der Waals surface area contributed by atoms with Gasteiger partial charge in [0.1, 0.15) is 0 Å². The van der Waals surface area contributed by atoms with Crippen LogP contribution in [0.25, 0.3) is 0 Å². The minimum Gasteiger partial charge on any atom is -0.335 e. The summed E-state index contributed by atoms with van der Waals surface area (Å²) < 4.78 is 0.851. The average Bonchev–Trinajstić information content (AvgIpc) is 3.08. The monoisotopic (exact) mass is 296 g/mol. The minimum atomic E-state index is 0.106. The van der Waals surface area contributed by atoms with Gasteiger partial charge < -0.3 is 4.90 Å². The van der Waals surface area contributed by atoms with E-state index in [2.05, 4.69) is 34.8 Å². The van der Waals surface area contributed by atoms with Crippen molar-refractivity contribution in [3.05, 3.63) is 28.5 Å². The van der Waals surface area contributed by atoms with Crippen molar-refractivity contribution in [3.8, 4) is 0 Å². The summed E-state index contributed by atoms with van der Waals surface area (Å²) in [5.74, 6) is 0.606. The van der Waals surface area contributed by atoms with Crippen LogP contribution in [-0.2, 0) is 0 Å². The SMILES string of the molecule is CC(C)CN(C(=O)c1cncc(Br)c1)C1CC1. The van der Waals surface area contributed by atoms with Gasteiger partial charge >= 0.3 is 0 Å². The normalized spacial score (nSPS) is 15.1. The van der Waals surface area contributed by atoms with Crippen molar-refractivity contribution >= 4 is 21.8 Å². The molecule has 1 aliphatic rings. The van der Waals surface area contributed by atoms with Crippen molar-refractivity contribution in [2.24, 2.45) is 5.92 Å². The second kappa shape index (κ2) is 5.17. The molecule has 92 valence electrons. The van der Waals surface area contributed by atoms with Gasteiger partial charge in [0.15, 0.2) is 0 Å². The van der Waals surface area contributed by atoms with Crippen molar-refractivity contribution in [1.29, 1.82) is 0 Å². The van der Waals surface area contributed by atoms with Gasteiger partial charge in [-0.05, 0) is 40.8 Å². The van der Waals surface area contributed by atoms with Crippen LogP contribution in [0.4, 0.5) is 0 Å². The lowest BCUT2D eigenvalue weighted by atomic mass is 10.1. The molecular formula is C13H17BrN2O. The van der Waals surface area contributed by atoms with Gasteiger partial charge in [0.25, 0.3) is 5.91 Å². The van der Waals surface area contributed by atoms with Crippen LogP contribution in [-0.4, -0.2) is 28.4 Å². The fourth-order valence-electron chi connectivity index (χ4n) is 1.87. The molecule has 0 saturated heterocycles. The summed E-state index contributed by atoms with van der Waals surface area (Å²) >= 11 is 3.35. The largest absolute Gasteiger partial charge is 0.335 e. The van der Waals surface area contributed by atoms with Crippen LogP contribution in [0.3, 0.4) is 0 Å². The number of halogens is 1. The highest BCUT2D eigenvalue weighted by molar-refractivity contribution is 9.10. The molecule has 0 spiro atoms.